The van der Waals surface area contributed by atoms with Gasteiger partial charge in [-0.25, -0.2) is 0 Å². The molecule has 0 bridgehead atoms. The first-order valence-corrected chi connectivity index (χ1v) is 5.75. The molecule has 92 valence electrons. The number of pyridine rings is 1. The van der Waals surface area contributed by atoms with Gasteiger partial charge in [0, 0.05) is 6.20 Å². The van der Waals surface area contributed by atoms with Gasteiger partial charge < -0.3 is 11.1 Å². The number of nitrogens with zero attached hydrogens (tertiary/aromatic N) is 1. The zero-order valence-electron chi connectivity index (χ0n) is 9.91. The van der Waals surface area contributed by atoms with E-state index in [1.165, 1.54) is 0 Å². The smallest absolute Gasteiger partial charge is 0.241 e. The van der Waals surface area contributed by atoms with Gasteiger partial charge in [0.05, 0.1) is 12.2 Å². The minimum absolute atomic E-state index is 0.202. The molecule has 18 heavy (non-hydrogen) atoms. The topological polar surface area (TPSA) is 68.0 Å². The maximum atomic E-state index is 11.9. The van der Waals surface area contributed by atoms with Crippen molar-refractivity contribution in [1.29, 1.82) is 0 Å². The van der Waals surface area contributed by atoms with Gasteiger partial charge in [0.15, 0.2) is 0 Å². The Kier molecular flexibility index (Phi) is 4.04. The van der Waals surface area contributed by atoms with Crippen LogP contribution in [-0.4, -0.2) is 10.9 Å². The summed E-state index contributed by atoms with van der Waals surface area (Å²) in [5.41, 5.74) is 7.48. The minimum Gasteiger partial charge on any atom is -0.349 e. The van der Waals surface area contributed by atoms with Gasteiger partial charge in [-0.2, -0.15) is 0 Å². The van der Waals surface area contributed by atoms with Gasteiger partial charge in [-0.1, -0.05) is 36.4 Å². The lowest BCUT2D eigenvalue weighted by atomic mass is 10.1. The fourth-order valence-electron chi connectivity index (χ4n) is 1.60. The first-order chi connectivity index (χ1) is 8.77. The molecule has 1 unspecified atom stereocenters. The molecule has 0 spiro atoms. The summed E-state index contributed by atoms with van der Waals surface area (Å²) in [4.78, 5) is 16.0. The zero-order valence-corrected chi connectivity index (χ0v) is 9.91. The fourth-order valence-corrected chi connectivity index (χ4v) is 1.60. The SMILES string of the molecule is NC(C(=O)NCc1ccccn1)c1ccccc1. The molecule has 1 aromatic carbocycles. The van der Waals surface area contributed by atoms with Crippen LogP contribution in [-0.2, 0) is 11.3 Å². The maximum Gasteiger partial charge on any atom is 0.241 e. The number of amides is 1. The molecule has 0 aliphatic carbocycles. The minimum atomic E-state index is -0.644. The Balaban J connectivity index is 1.93. The lowest BCUT2D eigenvalue weighted by molar-refractivity contribution is -0.122. The fraction of sp³-hybridized carbons (Fsp3) is 0.143. The lowest BCUT2D eigenvalue weighted by Crippen LogP contribution is -2.33. The summed E-state index contributed by atoms with van der Waals surface area (Å²) in [6.07, 6.45) is 1.69. The van der Waals surface area contributed by atoms with Gasteiger partial charge in [0.1, 0.15) is 6.04 Å². The van der Waals surface area contributed by atoms with Crippen LogP contribution < -0.4 is 11.1 Å². The summed E-state index contributed by atoms with van der Waals surface area (Å²) in [5.74, 6) is -0.202. The molecule has 1 aromatic heterocycles. The van der Waals surface area contributed by atoms with E-state index in [0.29, 0.717) is 6.54 Å². The number of nitrogens with one attached hydrogen (secondary N) is 1. The third-order valence-corrected chi connectivity index (χ3v) is 2.61. The summed E-state index contributed by atoms with van der Waals surface area (Å²) >= 11 is 0. The van der Waals surface area contributed by atoms with Crippen molar-refractivity contribution in [1.82, 2.24) is 10.3 Å². The average molecular weight is 241 g/mol. The second-order valence-electron chi connectivity index (χ2n) is 3.93. The maximum absolute atomic E-state index is 11.9. The molecule has 4 heteroatoms. The van der Waals surface area contributed by atoms with E-state index < -0.39 is 6.04 Å². The molecule has 2 rings (SSSR count). The van der Waals surface area contributed by atoms with Crippen LogP contribution in [0.3, 0.4) is 0 Å². The summed E-state index contributed by atoms with van der Waals surface area (Å²) in [5, 5.41) is 2.77. The highest BCUT2D eigenvalue weighted by molar-refractivity contribution is 5.82. The third-order valence-electron chi connectivity index (χ3n) is 2.61. The van der Waals surface area contributed by atoms with Crippen molar-refractivity contribution in [3.8, 4) is 0 Å². The van der Waals surface area contributed by atoms with E-state index in [0.717, 1.165) is 11.3 Å². The van der Waals surface area contributed by atoms with Gasteiger partial charge in [-0.15, -0.1) is 0 Å². The van der Waals surface area contributed by atoms with Gasteiger partial charge >= 0.3 is 0 Å². The normalized spacial score (nSPS) is 11.8. The predicted octanol–water partition coefficient (Wildman–Crippen LogP) is 1.40. The van der Waals surface area contributed by atoms with Crippen molar-refractivity contribution in [2.45, 2.75) is 12.6 Å². The zero-order chi connectivity index (χ0) is 12.8. The number of carbonyl (C=O) groups is 1. The number of hydrogen-bond acceptors (Lipinski definition) is 3. The van der Waals surface area contributed by atoms with Crippen LogP contribution in [0.5, 0.6) is 0 Å². The van der Waals surface area contributed by atoms with Gasteiger partial charge in [0.2, 0.25) is 5.91 Å². The molecule has 0 fully saturated rings. The number of benzene rings is 1. The third kappa shape index (κ3) is 3.15. The molecule has 0 aliphatic rings. The van der Waals surface area contributed by atoms with Crippen LogP contribution >= 0.6 is 0 Å². The number of hydrogen-bond donors (Lipinski definition) is 2. The molecule has 0 saturated heterocycles. The van der Waals surface area contributed by atoms with Crippen LogP contribution in [0.15, 0.2) is 54.7 Å². The van der Waals surface area contributed by atoms with Gasteiger partial charge in [-0.05, 0) is 17.7 Å². The Morgan fingerprint density at radius 3 is 2.56 bits per heavy atom. The first-order valence-electron chi connectivity index (χ1n) is 5.75. The molecule has 0 aliphatic heterocycles. The highest BCUT2D eigenvalue weighted by Crippen LogP contribution is 2.09. The molecular weight excluding hydrogens is 226 g/mol. The molecule has 3 N–H and O–H groups in total. The predicted molar refractivity (Wildman–Crippen MR) is 69.5 cm³/mol. The molecule has 2 aromatic rings. The highest BCUT2D eigenvalue weighted by Gasteiger charge is 2.14. The second-order valence-corrected chi connectivity index (χ2v) is 3.93. The molecular formula is C14H15N3O. The van der Waals surface area contributed by atoms with E-state index in [-0.39, 0.29) is 5.91 Å². The van der Waals surface area contributed by atoms with Gasteiger partial charge in [0.25, 0.3) is 0 Å². The van der Waals surface area contributed by atoms with Crippen molar-refractivity contribution >= 4 is 5.91 Å². The quantitative estimate of drug-likeness (QED) is 0.850. The first kappa shape index (κ1) is 12.3. The monoisotopic (exact) mass is 241 g/mol. The summed E-state index contributed by atoms with van der Waals surface area (Å²) in [7, 11) is 0. The number of rotatable bonds is 4. The largest absolute Gasteiger partial charge is 0.349 e. The summed E-state index contributed by atoms with van der Waals surface area (Å²) < 4.78 is 0. The Morgan fingerprint density at radius 2 is 1.89 bits per heavy atom. The van der Waals surface area contributed by atoms with Crippen molar-refractivity contribution in [3.05, 3.63) is 66.0 Å². The van der Waals surface area contributed by atoms with Crippen molar-refractivity contribution in [3.63, 3.8) is 0 Å². The molecule has 1 heterocycles. The second kappa shape index (κ2) is 5.93. The lowest BCUT2D eigenvalue weighted by Gasteiger charge is -2.12. The van der Waals surface area contributed by atoms with Crippen molar-refractivity contribution < 1.29 is 4.79 Å². The van der Waals surface area contributed by atoms with E-state index in [2.05, 4.69) is 10.3 Å². The van der Waals surface area contributed by atoms with Crippen LogP contribution in [0, 0.1) is 0 Å². The van der Waals surface area contributed by atoms with Crippen LogP contribution in [0.25, 0.3) is 0 Å². The highest BCUT2D eigenvalue weighted by atomic mass is 16.2. The van der Waals surface area contributed by atoms with E-state index in [4.69, 9.17) is 5.73 Å². The molecule has 0 saturated carbocycles. The Hall–Kier alpha value is -2.20. The molecule has 1 atom stereocenters. The number of nitrogens with two attached hydrogens (primary N) is 1. The van der Waals surface area contributed by atoms with Gasteiger partial charge in [-0.3, -0.25) is 9.78 Å². The number of carbonyl (C=O) groups excluding carboxylic acids is 1. The van der Waals surface area contributed by atoms with Crippen molar-refractivity contribution in [2.24, 2.45) is 5.73 Å². The van der Waals surface area contributed by atoms with E-state index in [9.17, 15) is 4.79 Å². The van der Waals surface area contributed by atoms with Crippen LogP contribution in [0.2, 0.25) is 0 Å². The summed E-state index contributed by atoms with van der Waals surface area (Å²) in [6, 6.07) is 14.2. The Labute approximate surface area is 106 Å². The van der Waals surface area contributed by atoms with Crippen LogP contribution in [0.1, 0.15) is 17.3 Å². The average Bonchev–Trinajstić information content (AvgIpc) is 2.46. The van der Waals surface area contributed by atoms with E-state index in [1.807, 2.05) is 48.5 Å². The summed E-state index contributed by atoms with van der Waals surface area (Å²) in [6.45, 7) is 0.389. The van der Waals surface area contributed by atoms with Crippen LogP contribution in [0.4, 0.5) is 0 Å². The van der Waals surface area contributed by atoms with E-state index in [1.54, 1.807) is 6.20 Å². The Morgan fingerprint density at radius 1 is 1.17 bits per heavy atom. The van der Waals surface area contributed by atoms with E-state index >= 15 is 0 Å². The molecule has 0 radical (unpaired) electrons. The molecule has 1 amide bonds. The van der Waals surface area contributed by atoms with Crippen molar-refractivity contribution in [2.75, 3.05) is 0 Å². The molecule has 4 nitrogen and oxygen atoms in total. The Bertz CT molecular complexity index is 499. The standard InChI is InChI=1S/C14H15N3O/c15-13(11-6-2-1-3-7-11)14(18)17-10-12-8-4-5-9-16-12/h1-9,13H,10,15H2,(H,17,18). The number of aromatic nitrogens is 1.